The number of phenolic OH excluding ortho intramolecular Hbond substituents is 2. The molecule has 3 aromatic rings. The zero-order valence-corrected chi connectivity index (χ0v) is 13.6. The summed E-state index contributed by atoms with van der Waals surface area (Å²) in [6.07, 6.45) is 0.134. The quantitative estimate of drug-likeness (QED) is 0.683. The van der Waals surface area contributed by atoms with Crippen molar-refractivity contribution in [1.29, 1.82) is 0 Å². The fourth-order valence-corrected chi connectivity index (χ4v) is 3.05. The highest BCUT2D eigenvalue weighted by Gasteiger charge is 2.25. The third-order valence-corrected chi connectivity index (χ3v) is 4.37. The van der Waals surface area contributed by atoms with Gasteiger partial charge in [-0.2, -0.15) is 0 Å². The molecule has 0 amide bonds. The molecule has 0 saturated heterocycles. The first-order valence-electron chi connectivity index (χ1n) is 7.98. The Labute approximate surface area is 144 Å². The van der Waals surface area contributed by atoms with Crippen LogP contribution in [-0.4, -0.2) is 16.0 Å². The van der Waals surface area contributed by atoms with Gasteiger partial charge in [-0.15, -0.1) is 0 Å². The van der Waals surface area contributed by atoms with Crippen LogP contribution in [-0.2, 0) is 6.42 Å². The van der Waals surface area contributed by atoms with Gasteiger partial charge < -0.3 is 14.9 Å². The largest absolute Gasteiger partial charge is 0.508 e. The lowest BCUT2D eigenvalue weighted by molar-refractivity contribution is 0.0991. The van der Waals surface area contributed by atoms with Gasteiger partial charge in [-0.3, -0.25) is 4.79 Å². The topological polar surface area (TPSA) is 66.8 Å². The standard InChI is InChI=1S/C21H16O4/c1-12-2-4-13(5-3-12)14-6-7-15-8-17(23)21-18(24)10-16(22)11-20(21)25-19(15)9-14/h2-7,9-11,22,24H,8H2,1H3. The fourth-order valence-electron chi connectivity index (χ4n) is 3.05. The molecule has 25 heavy (non-hydrogen) atoms. The maximum Gasteiger partial charge on any atom is 0.174 e. The summed E-state index contributed by atoms with van der Waals surface area (Å²) in [7, 11) is 0. The van der Waals surface area contributed by atoms with E-state index < -0.39 is 0 Å². The third kappa shape index (κ3) is 2.72. The van der Waals surface area contributed by atoms with Gasteiger partial charge in [0.1, 0.15) is 28.6 Å². The molecule has 0 bridgehead atoms. The van der Waals surface area contributed by atoms with Gasteiger partial charge in [0.25, 0.3) is 0 Å². The first-order valence-corrected chi connectivity index (χ1v) is 7.98. The van der Waals surface area contributed by atoms with E-state index >= 15 is 0 Å². The van der Waals surface area contributed by atoms with Crippen LogP contribution in [0, 0.1) is 6.92 Å². The van der Waals surface area contributed by atoms with Gasteiger partial charge in [0.15, 0.2) is 5.78 Å². The summed E-state index contributed by atoms with van der Waals surface area (Å²) in [5, 5.41) is 19.7. The lowest BCUT2D eigenvalue weighted by Gasteiger charge is -2.11. The highest BCUT2D eigenvalue weighted by Crippen LogP contribution is 2.41. The van der Waals surface area contributed by atoms with Crippen LogP contribution in [0.4, 0.5) is 0 Å². The molecule has 1 heterocycles. The van der Waals surface area contributed by atoms with Gasteiger partial charge in [0.05, 0.1) is 0 Å². The smallest absolute Gasteiger partial charge is 0.174 e. The summed E-state index contributed by atoms with van der Waals surface area (Å²) in [6, 6.07) is 16.3. The van der Waals surface area contributed by atoms with Crippen molar-refractivity contribution in [2.24, 2.45) is 0 Å². The van der Waals surface area contributed by atoms with E-state index in [0.717, 1.165) is 22.8 Å². The van der Waals surface area contributed by atoms with E-state index in [2.05, 4.69) is 0 Å². The summed E-state index contributed by atoms with van der Waals surface area (Å²) in [5.74, 6) is 0.0561. The predicted molar refractivity (Wildman–Crippen MR) is 94.5 cm³/mol. The van der Waals surface area contributed by atoms with Crippen LogP contribution in [0.15, 0.2) is 54.6 Å². The summed E-state index contributed by atoms with van der Waals surface area (Å²) in [6.45, 7) is 2.03. The number of fused-ring (bicyclic) bond motifs is 2. The molecule has 1 aliphatic rings. The highest BCUT2D eigenvalue weighted by molar-refractivity contribution is 6.03. The molecule has 1 aliphatic heterocycles. The number of ether oxygens (including phenoxy) is 1. The van der Waals surface area contributed by atoms with Gasteiger partial charge in [-0.1, -0.05) is 42.0 Å². The minimum absolute atomic E-state index is 0.103. The molecule has 0 spiro atoms. The first kappa shape index (κ1) is 15.3. The van der Waals surface area contributed by atoms with E-state index in [4.69, 9.17) is 4.74 Å². The number of ketones is 1. The van der Waals surface area contributed by atoms with Crippen molar-refractivity contribution >= 4 is 5.78 Å². The molecule has 0 aliphatic carbocycles. The third-order valence-electron chi connectivity index (χ3n) is 4.37. The summed E-state index contributed by atoms with van der Waals surface area (Å²) >= 11 is 0. The molecular formula is C21H16O4. The van der Waals surface area contributed by atoms with E-state index in [1.54, 1.807) is 0 Å². The Balaban J connectivity index is 1.82. The van der Waals surface area contributed by atoms with Crippen molar-refractivity contribution in [3.8, 4) is 34.1 Å². The van der Waals surface area contributed by atoms with Crippen LogP contribution in [0.3, 0.4) is 0 Å². The van der Waals surface area contributed by atoms with E-state index in [0.29, 0.717) is 5.75 Å². The number of carbonyl (C=O) groups is 1. The number of hydrogen-bond donors (Lipinski definition) is 2. The number of Topliss-reactive ketones (excluding diaryl/α,β-unsaturated/α-hetero) is 1. The second-order valence-corrected chi connectivity index (χ2v) is 6.23. The van der Waals surface area contributed by atoms with Crippen LogP contribution < -0.4 is 4.74 Å². The minimum atomic E-state index is -0.272. The molecule has 124 valence electrons. The highest BCUT2D eigenvalue weighted by atomic mass is 16.5. The average molecular weight is 332 g/mol. The van der Waals surface area contributed by atoms with Gasteiger partial charge >= 0.3 is 0 Å². The van der Waals surface area contributed by atoms with Gasteiger partial charge in [-0.05, 0) is 24.1 Å². The first-order chi connectivity index (χ1) is 12.0. The molecule has 0 unspecified atom stereocenters. The van der Waals surface area contributed by atoms with E-state index in [1.807, 2.05) is 49.4 Å². The molecule has 4 heteroatoms. The Morgan fingerprint density at radius 3 is 2.36 bits per heavy atom. The number of aryl methyl sites for hydroxylation is 1. The molecule has 4 rings (SSSR count). The number of phenols is 2. The zero-order valence-electron chi connectivity index (χ0n) is 13.6. The van der Waals surface area contributed by atoms with E-state index in [1.165, 1.54) is 11.6 Å². The second kappa shape index (κ2) is 5.67. The summed E-state index contributed by atoms with van der Waals surface area (Å²) in [5.41, 5.74) is 4.05. The maximum atomic E-state index is 12.5. The molecule has 4 nitrogen and oxygen atoms in total. The van der Waals surface area contributed by atoms with Crippen molar-refractivity contribution < 1.29 is 19.7 Å². The lowest BCUT2D eigenvalue weighted by Crippen LogP contribution is -2.02. The van der Waals surface area contributed by atoms with Gasteiger partial charge in [-0.25, -0.2) is 0 Å². The fraction of sp³-hybridized carbons (Fsp3) is 0.0952. The SMILES string of the molecule is Cc1ccc(-c2ccc3c(c2)Oc2cc(O)cc(O)c2C(=O)C3)cc1. The van der Waals surface area contributed by atoms with Crippen molar-refractivity contribution in [2.45, 2.75) is 13.3 Å². The second-order valence-electron chi connectivity index (χ2n) is 6.23. The van der Waals surface area contributed by atoms with Crippen LogP contribution in [0.25, 0.3) is 11.1 Å². The van der Waals surface area contributed by atoms with Crippen LogP contribution in [0.5, 0.6) is 23.0 Å². The summed E-state index contributed by atoms with van der Waals surface area (Å²) < 4.78 is 5.88. The molecule has 2 N–H and O–H groups in total. The van der Waals surface area contributed by atoms with Gasteiger partial charge in [0, 0.05) is 24.1 Å². The molecule has 3 aromatic carbocycles. The van der Waals surface area contributed by atoms with Gasteiger partial charge in [0.2, 0.25) is 0 Å². The normalized spacial score (nSPS) is 12.8. The molecule has 0 fully saturated rings. The van der Waals surface area contributed by atoms with Crippen molar-refractivity contribution in [3.05, 3.63) is 71.3 Å². The van der Waals surface area contributed by atoms with Crippen LogP contribution >= 0.6 is 0 Å². The molecule has 0 saturated carbocycles. The Morgan fingerprint density at radius 2 is 1.60 bits per heavy atom. The Hall–Kier alpha value is -3.27. The molecule has 0 radical (unpaired) electrons. The number of benzene rings is 3. The molecule has 0 aromatic heterocycles. The Morgan fingerprint density at radius 1 is 0.880 bits per heavy atom. The maximum absolute atomic E-state index is 12.5. The molecule has 0 atom stereocenters. The number of hydrogen-bond acceptors (Lipinski definition) is 4. The van der Waals surface area contributed by atoms with E-state index in [-0.39, 0.29) is 35.0 Å². The number of rotatable bonds is 1. The lowest BCUT2D eigenvalue weighted by atomic mass is 9.98. The van der Waals surface area contributed by atoms with Crippen LogP contribution in [0.1, 0.15) is 21.5 Å². The van der Waals surface area contributed by atoms with Crippen molar-refractivity contribution in [1.82, 2.24) is 0 Å². The number of carbonyl (C=O) groups excluding carboxylic acids is 1. The predicted octanol–water partition coefficient (Wildman–Crippen LogP) is 4.60. The average Bonchev–Trinajstić information content (AvgIpc) is 2.70. The minimum Gasteiger partial charge on any atom is -0.508 e. The monoisotopic (exact) mass is 332 g/mol. The summed E-state index contributed by atoms with van der Waals surface area (Å²) in [4.78, 5) is 12.5. The Bertz CT molecular complexity index is 988. The van der Waals surface area contributed by atoms with Crippen LogP contribution in [0.2, 0.25) is 0 Å². The van der Waals surface area contributed by atoms with Crippen molar-refractivity contribution in [2.75, 3.05) is 0 Å². The number of aromatic hydroxyl groups is 2. The molecular weight excluding hydrogens is 316 g/mol. The van der Waals surface area contributed by atoms with Crippen molar-refractivity contribution in [3.63, 3.8) is 0 Å². The zero-order chi connectivity index (χ0) is 17.6. The van der Waals surface area contributed by atoms with E-state index in [9.17, 15) is 15.0 Å². The Kier molecular flexibility index (Phi) is 3.46.